The quantitative estimate of drug-likeness (QED) is 0.638. The lowest BCUT2D eigenvalue weighted by atomic mass is 10.2. The molecule has 0 aliphatic heterocycles. The number of amides is 1. The van der Waals surface area contributed by atoms with Crippen molar-refractivity contribution in [3.63, 3.8) is 0 Å². The average Bonchev–Trinajstić information content (AvgIpc) is 2.38. The fourth-order valence-electron chi connectivity index (χ4n) is 1.51. The molecule has 0 unspecified atom stereocenters. The average molecular weight is 348 g/mol. The molecule has 7 heteroatoms. The zero-order valence-electron chi connectivity index (χ0n) is 9.68. The van der Waals surface area contributed by atoms with Crippen molar-refractivity contribution >= 4 is 27.5 Å². The third-order valence-corrected chi connectivity index (χ3v) is 3.11. The molecule has 0 bridgehead atoms. The molecule has 104 valence electrons. The maximum Gasteiger partial charge on any atom is 0.256 e. The largest absolute Gasteiger partial charge is 0.319 e. The lowest BCUT2D eigenvalue weighted by Gasteiger charge is -2.08. The molecule has 0 saturated heterocycles. The highest BCUT2D eigenvalue weighted by molar-refractivity contribution is 9.10. The minimum atomic E-state index is -1.43. The Morgan fingerprint density at radius 1 is 1.00 bits per heavy atom. The Morgan fingerprint density at radius 3 is 2.40 bits per heavy atom. The van der Waals surface area contributed by atoms with Gasteiger partial charge in [0.05, 0.1) is 11.3 Å². The summed E-state index contributed by atoms with van der Waals surface area (Å²) in [7, 11) is 0. The number of hydrogen-bond donors (Lipinski definition) is 1. The molecule has 0 aliphatic rings. The number of rotatable bonds is 2. The van der Waals surface area contributed by atoms with Crippen molar-refractivity contribution in [2.75, 3.05) is 5.32 Å². The van der Waals surface area contributed by atoms with Crippen molar-refractivity contribution in [1.82, 2.24) is 0 Å². The molecule has 2 aromatic rings. The highest BCUT2D eigenvalue weighted by Crippen LogP contribution is 2.22. The second kappa shape index (κ2) is 5.62. The van der Waals surface area contributed by atoms with E-state index in [2.05, 4.69) is 15.9 Å². The number of anilines is 1. The molecular weight excluding hydrogens is 342 g/mol. The summed E-state index contributed by atoms with van der Waals surface area (Å²) in [6.45, 7) is 0. The van der Waals surface area contributed by atoms with E-state index in [-0.39, 0.29) is 10.0 Å². The molecule has 0 aliphatic carbocycles. The number of benzene rings is 2. The fourth-order valence-corrected chi connectivity index (χ4v) is 1.93. The molecular formula is C13H6BrF4NO. The number of nitrogens with one attached hydrogen (secondary N) is 1. The Morgan fingerprint density at radius 2 is 1.70 bits per heavy atom. The lowest BCUT2D eigenvalue weighted by molar-refractivity contribution is 0.102. The van der Waals surface area contributed by atoms with Gasteiger partial charge in [-0.2, -0.15) is 0 Å². The van der Waals surface area contributed by atoms with Crippen LogP contribution in [-0.2, 0) is 0 Å². The van der Waals surface area contributed by atoms with Crippen LogP contribution in [0.25, 0.3) is 0 Å². The molecule has 1 amide bonds. The second-order valence-electron chi connectivity index (χ2n) is 3.83. The zero-order chi connectivity index (χ0) is 14.9. The van der Waals surface area contributed by atoms with Gasteiger partial charge in [-0.3, -0.25) is 4.79 Å². The normalized spacial score (nSPS) is 10.4. The molecule has 20 heavy (non-hydrogen) atoms. The van der Waals surface area contributed by atoms with Crippen molar-refractivity contribution in [2.24, 2.45) is 0 Å². The lowest BCUT2D eigenvalue weighted by Crippen LogP contribution is -2.14. The Bertz CT molecular complexity index is 690. The SMILES string of the molecule is O=C(Nc1cc(F)cc(F)c1F)c1cc(F)ccc1Br. The first-order chi connectivity index (χ1) is 9.38. The van der Waals surface area contributed by atoms with E-state index in [4.69, 9.17) is 0 Å². The van der Waals surface area contributed by atoms with Crippen LogP contribution in [0.2, 0.25) is 0 Å². The number of halogens is 5. The van der Waals surface area contributed by atoms with Crippen LogP contribution in [0.4, 0.5) is 23.2 Å². The van der Waals surface area contributed by atoms with Crippen LogP contribution in [0.3, 0.4) is 0 Å². The zero-order valence-corrected chi connectivity index (χ0v) is 11.3. The molecule has 0 atom stereocenters. The molecule has 0 saturated carbocycles. The minimum Gasteiger partial charge on any atom is -0.319 e. The van der Waals surface area contributed by atoms with E-state index in [1.54, 1.807) is 0 Å². The molecule has 2 rings (SSSR count). The number of hydrogen-bond acceptors (Lipinski definition) is 1. The van der Waals surface area contributed by atoms with Crippen LogP contribution in [0.15, 0.2) is 34.8 Å². The molecule has 2 nitrogen and oxygen atoms in total. The van der Waals surface area contributed by atoms with Crippen LogP contribution in [0.5, 0.6) is 0 Å². The monoisotopic (exact) mass is 347 g/mol. The summed E-state index contributed by atoms with van der Waals surface area (Å²) in [5.41, 5.74) is -0.794. The van der Waals surface area contributed by atoms with Gasteiger partial charge in [-0.15, -0.1) is 0 Å². The van der Waals surface area contributed by atoms with E-state index in [1.165, 1.54) is 6.07 Å². The van der Waals surface area contributed by atoms with E-state index in [0.717, 1.165) is 12.1 Å². The first-order valence-electron chi connectivity index (χ1n) is 5.29. The van der Waals surface area contributed by atoms with Crippen molar-refractivity contribution in [1.29, 1.82) is 0 Å². The van der Waals surface area contributed by atoms with Gasteiger partial charge in [0.1, 0.15) is 11.6 Å². The van der Waals surface area contributed by atoms with Crippen molar-refractivity contribution in [3.8, 4) is 0 Å². The van der Waals surface area contributed by atoms with Crippen LogP contribution in [0.1, 0.15) is 10.4 Å². The Balaban J connectivity index is 2.35. The van der Waals surface area contributed by atoms with Crippen molar-refractivity contribution < 1.29 is 22.4 Å². The fraction of sp³-hybridized carbons (Fsp3) is 0. The van der Waals surface area contributed by atoms with Crippen LogP contribution in [0, 0.1) is 23.3 Å². The van der Waals surface area contributed by atoms with E-state index in [1.807, 2.05) is 5.32 Å². The van der Waals surface area contributed by atoms with E-state index in [0.29, 0.717) is 12.1 Å². The molecule has 1 N–H and O–H groups in total. The third-order valence-electron chi connectivity index (χ3n) is 2.41. The Kier molecular flexibility index (Phi) is 4.08. The van der Waals surface area contributed by atoms with Gasteiger partial charge >= 0.3 is 0 Å². The van der Waals surface area contributed by atoms with Gasteiger partial charge in [-0.25, -0.2) is 17.6 Å². The highest BCUT2D eigenvalue weighted by atomic mass is 79.9. The van der Waals surface area contributed by atoms with Gasteiger partial charge in [-0.05, 0) is 34.1 Å². The molecule has 0 heterocycles. The van der Waals surface area contributed by atoms with Crippen LogP contribution >= 0.6 is 15.9 Å². The number of carbonyl (C=O) groups is 1. The first kappa shape index (κ1) is 14.5. The predicted molar refractivity (Wildman–Crippen MR) is 68.4 cm³/mol. The van der Waals surface area contributed by atoms with Crippen LogP contribution in [-0.4, -0.2) is 5.91 Å². The van der Waals surface area contributed by atoms with E-state index >= 15 is 0 Å². The summed E-state index contributed by atoms with van der Waals surface area (Å²) in [4.78, 5) is 11.8. The van der Waals surface area contributed by atoms with Crippen molar-refractivity contribution in [3.05, 3.63) is 63.6 Å². The summed E-state index contributed by atoms with van der Waals surface area (Å²) in [6.07, 6.45) is 0. The standard InChI is InChI=1S/C13H6BrF4NO/c14-9-2-1-6(15)3-8(9)13(20)19-11-5-7(16)4-10(17)12(11)18/h1-5H,(H,19,20). The van der Waals surface area contributed by atoms with Gasteiger partial charge in [0.25, 0.3) is 5.91 Å². The highest BCUT2D eigenvalue weighted by Gasteiger charge is 2.16. The molecule has 0 fully saturated rings. The maximum absolute atomic E-state index is 13.4. The minimum absolute atomic E-state index is 0.130. The number of carbonyl (C=O) groups excluding carboxylic acids is 1. The topological polar surface area (TPSA) is 29.1 Å². The van der Waals surface area contributed by atoms with E-state index < -0.39 is 34.9 Å². The van der Waals surface area contributed by atoms with E-state index in [9.17, 15) is 22.4 Å². The summed E-state index contributed by atoms with van der Waals surface area (Å²) in [5.74, 6) is -5.45. The molecule has 0 radical (unpaired) electrons. The molecule has 2 aromatic carbocycles. The third kappa shape index (κ3) is 2.98. The Labute approximate surface area is 119 Å². The van der Waals surface area contributed by atoms with Crippen LogP contribution < -0.4 is 5.32 Å². The molecule has 0 aromatic heterocycles. The summed E-state index contributed by atoms with van der Waals surface area (Å²) in [6, 6.07) is 4.29. The van der Waals surface area contributed by atoms with Crippen molar-refractivity contribution in [2.45, 2.75) is 0 Å². The van der Waals surface area contributed by atoms with Gasteiger partial charge in [0, 0.05) is 16.6 Å². The predicted octanol–water partition coefficient (Wildman–Crippen LogP) is 4.26. The summed E-state index contributed by atoms with van der Waals surface area (Å²) >= 11 is 3.02. The summed E-state index contributed by atoms with van der Waals surface area (Å²) in [5, 5.41) is 1.99. The van der Waals surface area contributed by atoms with Gasteiger partial charge in [0.2, 0.25) is 0 Å². The first-order valence-corrected chi connectivity index (χ1v) is 6.08. The van der Waals surface area contributed by atoms with Gasteiger partial charge in [0.15, 0.2) is 11.6 Å². The molecule has 0 spiro atoms. The summed E-state index contributed by atoms with van der Waals surface area (Å²) < 4.78 is 52.7. The maximum atomic E-state index is 13.4. The Hall–Kier alpha value is -1.89. The second-order valence-corrected chi connectivity index (χ2v) is 4.68. The van der Waals surface area contributed by atoms with Gasteiger partial charge in [-0.1, -0.05) is 0 Å². The smallest absolute Gasteiger partial charge is 0.256 e. The van der Waals surface area contributed by atoms with Gasteiger partial charge < -0.3 is 5.32 Å².